The van der Waals surface area contributed by atoms with Crippen LogP contribution in [0, 0.1) is 11.8 Å². The largest absolute Gasteiger partial charge is 0.371 e. The molecule has 0 amide bonds. The van der Waals surface area contributed by atoms with E-state index in [1.165, 1.54) is 37.9 Å². The highest BCUT2D eigenvalue weighted by Gasteiger charge is 2.29. The van der Waals surface area contributed by atoms with E-state index in [4.69, 9.17) is 0 Å². The van der Waals surface area contributed by atoms with E-state index >= 15 is 0 Å². The van der Waals surface area contributed by atoms with Crippen LogP contribution in [0.2, 0.25) is 0 Å². The fraction of sp³-hybridized carbons (Fsp3) is 0.667. The van der Waals surface area contributed by atoms with Crippen molar-refractivity contribution in [2.75, 3.05) is 25.0 Å². The monoisotopic (exact) mass is 274 g/mol. The lowest BCUT2D eigenvalue weighted by atomic mass is 9.76. The summed E-state index contributed by atoms with van der Waals surface area (Å²) in [6, 6.07) is 11.5. The topological polar surface area (TPSA) is 15.3 Å². The van der Waals surface area contributed by atoms with Crippen molar-refractivity contribution in [3.63, 3.8) is 0 Å². The Morgan fingerprint density at radius 2 is 1.90 bits per heavy atom. The van der Waals surface area contributed by atoms with E-state index in [0.717, 1.165) is 18.4 Å². The molecule has 2 heteroatoms. The van der Waals surface area contributed by atoms with Gasteiger partial charge < -0.3 is 10.2 Å². The lowest BCUT2D eigenvalue weighted by molar-refractivity contribution is 0.209. The summed E-state index contributed by atoms with van der Waals surface area (Å²) in [6.45, 7) is 6.88. The number of hydrogen-bond acceptors (Lipinski definition) is 2. The zero-order valence-electron chi connectivity index (χ0n) is 13.3. The molecule has 1 fully saturated rings. The maximum atomic E-state index is 3.55. The number of anilines is 1. The smallest absolute Gasteiger partial charge is 0.0366 e. The number of hydrogen-bond donors (Lipinski definition) is 1. The van der Waals surface area contributed by atoms with E-state index in [9.17, 15) is 0 Å². The van der Waals surface area contributed by atoms with Gasteiger partial charge in [0.1, 0.15) is 0 Å². The molecule has 1 aliphatic rings. The average Bonchev–Trinajstić information content (AvgIpc) is 2.53. The van der Waals surface area contributed by atoms with E-state index in [1.54, 1.807) is 0 Å². The average molecular weight is 274 g/mol. The molecule has 0 heterocycles. The molecule has 0 radical (unpaired) electrons. The summed E-state index contributed by atoms with van der Waals surface area (Å²) in [5.74, 6) is 1.71. The predicted molar refractivity (Wildman–Crippen MR) is 88.3 cm³/mol. The maximum absolute atomic E-state index is 3.55. The first-order valence-corrected chi connectivity index (χ1v) is 8.25. The van der Waals surface area contributed by atoms with Gasteiger partial charge in [-0.15, -0.1) is 0 Å². The van der Waals surface area contributed by atoms with Crippen LogP contribution in [0.25, 0.3) is 0 Å². The van der Waals surface area contributed by atoms with E-state index in [2.05, 4.69) is 61.4 Å². The molecule has 0 spiro atoms. The minimum absolute atomic E-state index is 0.690. The summed E-state index contributed by atoms with van der Waals surface area (Å²) < 4.78 is 0. The number of rotatable bonds is 6. The Balaban J connectivity index is 2.04. The first-order valence-electron chi connectivity index (χ1n) is 8.25. The highest BCUT2D eigenvalue weighted by molar-refractivity contribution is 5.45. The van der Waals surface area contributed by atoms with Crippen molar-refractivity contribution in [3.8, 4) is 0 Å². The van der Waals surface area contributed by atoms with Crippen molar-refractivity contribution >= 4 is 5.69 Å². The minimum Gasteiger partial charge on any atom is -0.371 e. The first-order chi connectivity index (χ1) is 9.78. The minimum atomic E-state index is 0.690. The van der Waals surface area contributed by atoms with Crippen LogP contribution < -0.4 is 10.2 Å². The fourth-order valence-corrected chi connectivity index (χ4v) is 3.65. The molecule has 3 atom stereocenters. The summed E-state index contributed by atoms with van der Waals surface area (Å²) in [7, 11) is 2.13. The molecule has 0 aromatic heterocycles. The van der Waals surface area contributed by atoms with Crippen molar-refractivity contribution in [1.82, 2.24) is 5.32 Å². The van der Waals surface area contributed by atoms with Gasteiger partial charge in [0, 0.05) is 24.8 Å². The molecule has 2 nitrogen and oxygen atoms in total. The van der Waals surface area contributed by atoms with Crippen LogP contribution in [0.3, 0.4) is 0 Å². The van der Waals surface area contributed by atoms with Crippen LogP contribution in [0.15, 0.2) is 30.3 Å². The number of benzene rings is 1. The Hall–Kier alpha value is -1.02. The summed E-state index contributed by atoms with van der Waals surface area (Å²) in [4.78, 5) is 2.53. The molecule has 1 aromatic carbocycles. The van der Waals surface area contributed by atoms with Crippen LogP contribution in [0.1, 0.15) is 39.5 Å². The van der Waals surface area contributed by atoms with E-state index < -0.39 is 0 Å². The van der Waals surface area contributed by atoms with Gasteiger partial charge in [0.25, 0.3) is 0 Å². The third-order valence-electron chi connectivity index (χ3n) is 5.00. The second kappa shape index (κ2) is 7.68. The lowest BCUT2D eigenvalue weighted by Gasteiger charge is -2.39. The van der Waals surface area contributed by atoms with E-state index in [-0.39, 0.29) is 0 Å². The van der Waals surface area contributed by atoms with Crippen molar-refractivity contribution in [2.24, 2.45) is 11.8 Å². The number of nitrogens with zero attached hydrogens (tertiary/aromatic N) is 1. The van der Waals surface area contributed by atoms with Crippen LogP contribution in [0.5, 0.6) is 0 Å². The van der Waals surface area contributed by atoms with Crippen LogP contribution in [0.4, 0.5) is 5.69 Å². The number of para-hydroxylation sites is 1. The molecular formula is C18H30N2. The first kappa shape index (κ1) is 15.4. The van der Waals surface area contributed by atoms with Gasteiger partial charge in [-0.3, -0.25) is 0 Å². The van der Waals surface area contributed by atoms with Crippen molar-refractivity contribution in [2.45, 2.75) is 45.6 Å². The molecule has 1 N–H and O–H groups in total. The molecular weight excluding hydrogens is 244 g/mol. The van der Waals surface area contributed by atoms with E-state index in [1.807, 2.05) is 0 Å². The third kappa shape index (κ3) is 3.76. The Morgan fingerprint density at radius 3 is 2.50 bits per heavy atom. The van der Waals surface area contributed by atoms with Crippen molar-refractivity contribution < 1.29 is 0 Å². The Labute approximate surface area is 124 Å². The third-order valence-corrected chi connectivity index (χ3v) is 5.00. The molecule has 0 aliphatic heterocycles. The highest BCUT2D eigenvalue weighted by Crippen LogP contribution is 2.32. The quantitative estimate of drug-likeness (QED) is 0.845. The van der Waals surface area contributed by atoms with Gasteiger partial charge in [-0.05, 0) is 57.2 Å². The summed E-state index contributed by atoms with van der Waals surface area (Å²) in [5.41, 5.74) is 1.36. The molecule has 1 saturated carbocycles. The van der Waals surface area contributed by atoms with Gasteiger partial charge in [0.2, 0.25) is 0 Å². The van der Waals surface area contributed by atoms with E-state index in [0.29, 0.717) is 6.04 Å². The molecule has 0 bridgehead atoms. The van der Waals surface area contributed by atoms with Crippen LogP contribution in [-0.2, 0) is 0 Å². The Kier molecular flexibility index (Phi) is 5.90. The molecule has 112 valence electrons. The standard InChI is InChI=1S/C18H30N2/c1-4-15-11-12-18(19-3)16(13-15)14-20(5-2)17-9-7-6-8-10-17/h6-10,15-16,18-19H,4-5,11-14H2,1-3H3. The molecule has 1 aliphatic carbocycles. The van der Waals surface area contributed by atoms with Gasteiger partial charge in [-0.25, -0.2) is 0 Å². The Morgan fingerprint density at radius 1 is 1.15 bits per heavy atom. The number of nitrogens with one attached hydrogen (secondary N) is 1. The van der Waals surface area contributed by atoms with Crippen LogP contribution >= 0.6 is 0 Å². The molecule has 20 heavy (non-hydrogen) atoms. The van der Waals surface area contributed by atoms with Gasteiger partial charge >= 0.3 is 0 Å². The highest BCUT2D eigenvalue weighted by atomic mass is 15.1. The van der Waals surface area contributed by atoms with Crippen LogP contribution in [-0.4, -0.2) is 26.2 Å². The second-order valence-corrected chi connectivity index (χ2v) is 6.12. The normalized spacial score (nSPS) is 26.4. The zero-order chi connectivity index (χ0) is 14.4. The second-order valence-electron chi connectivity index (χ2n) is 6.12. The van der Waals surface area contributed by atoms with Crippen molar-refractivity contribution in [3.05, 3.63) is 30.3 Å². The molecule has 3 unspecified atom stereocenters. The molecule has 2 rings (SSSR count). The maximum Gasteiger partial charge on any atom is 0.0366 e. The molecule has 0 saturated heterocycles. The van der Waals surface area contributed by atoms with Gasteiger partial charge in [-0.1, -0.05) is 31.5 Å². The van der Waals surface area contributed by atoms with Crippen molar-refractivity contribution in [1.29, 1.82) is 0 Å². The van der Waals surface area contributed by atoms with Gasteiger partial charge in [0.15, 0.2) is 0 Å². The zero-order valence-corrected chi connectivity index (χ0v) is 13.3. The van der Waals surface area contributed by atoms with Gasteiger partial charge in [-0.2, -0.15) is 0 Å². The predicted octanol–water partition coefficient (Wildman–Crippen LogP) is 3.93. The Bertz CT molecular complexity index is 376. The summed E-state index contributed by atoms with van der Waals surface area (Å²) in [5, 5.41) is 3.55. The lowest BCUT2D eigenvalue weighted by Crippen LogP contribution is -2.44. The molecule has 1 aromatic rings. The van der Waals surface area contributed by atoms with Gasteiger partial charge in [0.05, 0.1) is 0 Å². The summed E-state index contributed by atoms with van der Waals surface area (Å²) in [6.07, 6.45) is 5.46. The fourth-order valence-electron chi connectivity index (χ4n) is 3.65. The SMILES string of the molecule is CCC1CCC(NC)C(CN(CC)c2ccccc2)C1. The summed E-state index contributed by atoms with van der Waals surface area (Å²) >= 11 is 0.